The maximum Gasteiger partial charge on any atom is 0.417 e. The van der Waals surface area contributed by atoms with Gasteiger partial charge in [0, 0.05) is 25.7 Å². The Balaban J connectivity index is 1.57. The van der Waals surface area contributed by atoms with Crippen LogP contribution >= 0.6 is 0 Å². The number of benzene rings is 2. The summed E-state index contributed by atoms with van der Waals surface area (Å²) < 4.78 is 5.19. The molecule has 0 aliphatic heterocycles. The molecular formula is C30H32N4O10. The molecule has 6 atom stereocenters. The third kappa shape index (κ3) is 4.57. The standard InChI is InChI=1S/C30H32N4O10/c1-33(2)18-11-17(32-29(42)44-14-7-5-13(35)6-8-14)23(36)20-15(18)9-12-10-16-22(34(3)4)25(38)21(28(31)41)27(40)30(16,43)26(39)19(12)24(20)37/h5-8,11-12,16,19,21-22,35-36,43H,9-10H2,1-4H3,(H2,31,41)(H,32,42)/t12-,16-,19?,21?,22-,30-/m0/s1. The molecule has 0 saturated heterocycles. The summed E-state index contributed by atoms with van der Waals surface area (Å²) in [6.07, 6.45) is -1.05. The Kier molecular flexibility index (Phi) is 7.46. The maximum atomic E-state index is 14.1. The minimum absolute atomic E-state index is 0.0466. The number of Topliss-reactive ketones (excluding diaryl/α,β-unsaturated/α-hetero) is 4. The van der Waals surface area contributed by atoms with Crippen molar-refractivity contribution in [3.05, 3.63) is 41.5 Å². The number of nitrogens with one attached hydrogen (secondary N) is 1. The fourth-order valence-electron chi connectivity index (χ4n) is 6.90. The molecule has 14 heteroatoms. The largest absolute Gasteiger partial charge is 0.508 e. The van der Waals surface area contributed by atoms with Gasteiger partial charge in [-0.15, -0.1) is 0 Å². The molecule has 0 heterocycles. The van der Waals surface area contributed by atoms with Crippen molar-refractivity contribution in [1.29, 1.82) is 0 Å². The number of fused-ring (bicyclic) bond motifs is 3. The Bertz CT molecular complexity index is 1620. The molecule has 2 amide bonds. The topological polar surface area (TPSA) is 217 Å². The molecule has 44 heavy (non-hydrogen) atoms. The molecule has 3 aliphatic rings. The normalized spacial score (nSPS) is 27.7. The number of likely N-dealkylation sites (N-methyl/N-ethyl adjacent to an activating group) is 1. The van der Waals surface area contributed by atoms with Crippen LogP contribution in [-0.4, -0.2) is 95.2 Å². The molecule has 5 rings (SSSR count). The van der Waals surface area contributed by atoms with Crippen molar-refractivity contribution >= 4 is 46.5 Å². The van der Waals surface area contributed by atoms with Gasteiger partial charge in [-0.2, -0.15) is 0 Å². The van der Waals surface area contributed by atoms with Gasteiger partial charge in [-0.3, -0.25) is 34.2 Å². The number of phenolic OH excluding ortho intramolecular Hbond substituents is 2. The fourth-order valence-corrected chi connectivity index (χ4v) is 6.90. The van der Waals surface area contributed by atoms with E-state index in [1.54, 1.807) is 19.0 Å². The van der Waals surface area contributed by atoms with Crippen LogP contribution in [0.25, 0.3) is 0 Å². The van der Waals surface area contributed by atoms with Gasteiger partial charge in [-0.1, -0.05) is 0 Å². The number of primary amides is 1. The molecule has 2 saturated carbocycles. The highest BCUT2D eigenvalue weighted by Crippen LogP contribution is 2.52. The minimum Gasteiger partial charge on any atom is -0.508 e. The van der Waals surface area contributed by atoms with E-state index in [2.05, 4.69) is 5.32 Å². The van der Waals surface area contributed by atoms with Crippen molar-refractivity contribution in [2.45, 2.75) is 24.5 Å². The first-order chi connectivity index (χ1) is 20.6. The number of aliphatic hydroxyl groups is 1. The Morgan fingerprint density at radius 3 is 2.23 bits per heavy atom. The van der Waals surface area contributed by atoms with Crippen molar-refractivity contribution in [1.82, 2.24) is 4.90 Å². The third-order valence-electron chi connectivity index (χ3n) is 8.80. The lowest BCUT2D eigenvalue weighted by molar-refractivity contribution is -0.181. The lowest BCUT2D eigenvalue weighted by atomic mass is 9.52. The highest BCUT2D eigenvalue weighted by atomic mass is 16.6. The first-order valence-electron chi connectivity index (χ1n) is 13.8. The number of ether oxygens (including phenoxy) is 1. The summed E-state index contributed by atoms with van der Waals surface area (Å²) in [5.41, 5.74) is 2.84. The quantitative estimate of drug-likeness (QED) is 0.228. The van der Waals surface area contributed by atoms with Crippen LogP contribution in [0.5, 0.6) is 17.2 Å². The molecule has 0 spiro atoms. The van der Waals surface area contributed by atoms with E-state index in [9.17, 15) is 44.1 Å². The average molecular weight is 609 g/mol. The van der Waals surface area contributed by atoms with Crippen LogP contribution in [0.3, 0.4) is 0 Å². The van der Waals surface area contributed by atoms with Gasteiger partial charge in [0.2, 0.25) is 5.91 Å². The highest BCUT2D eigenvalue weighted by molar-refractivity contribution is 6.32. The van der Waals surface area contributed by atoms with Crippen LogP contribution in [0.2, 0.25) is 0 Å². The summed E-state index contributed by atoms with van der Waals surface area (Å²) in [5.74, 6) is -11.8. The smallest absolute Gasteiger partial charge is 0.417 e. The van der Waals surface area contributed by atoms with Crippen LogP contribution in [0.15, 0.2) is 30.3 Å². The van der Waals surface area contributed by atoms with Gasteiger partial charge < -0.3 is 30.7 Å². The fraction of sp³-hybridized carbons (Fsp3) is 0.400. The van der Waals surface area contributed by atoms with E-state index < -0.39 is 76.2 Å². The van der Waals surface area contributed by atoms with E-state index >= 15 is 0 Å². The Morgan fingerprint density at radius 2 is 1.66 bits per heavy atom. The molecule has 0 aromatic heterocycles. The molecular weight excluding hydrogens is 576 g/mol. The van der Waals surface area contributed by atoms with Crippen molar-refractivity contribution in [2.24, 2.45) is 29.4 Å². The number of amides is 2. The van der Waals surface area contributed by atoms with Gasteiger partial charge in [0.1, 0.15) is 17.2 Å². The minimum atomic E-state index is -2.85. The van der Waals surface area contributed by atoms with Gasteiger partial charge >= 0.3 is 6.09 Å². The highest BCUT2D eigenvalue weighted by Gasteiger charge is 2.69. The first-order valence-corrected chi connectivity index (χ1v) is 13.8. The van der Waals surface area contributed by atoms with Gasteiger partial charge in [-0.05, 0) is 68.8 Å². The van der Waals surface area contributed by atoms with E-state index in [-0.39, 0.29) is 35.6 Å². The number of aromatic hydroxyl groups is 2. The second-order valence-corrected chi connectivity index (χ2v) is 11.8. The molecule has 2 aromatic rings. The Hall–Kier alpha value is -4.82. The van der Waals surface area contributed by atoms with Crippen LogP contribution in [0, 0.1) is 23.7 Å². The number of phenols is 2. The van der Waals surface area contributed by atoms with E-state index in [0.29, 0.717) is 11.3 Å². The van der Waals surface area contributed by atoms with Gasteiger partial charge in [-0.25, -0.2) is 4.79 Å². The summed E-state index contributed by atoms with van der Waals surface area (Å²) in [5, 5.41) is 34.8. The number of carbonyl (C=O) groups is 6. The van der Waals surface area contributed by atoms with Crippen molar-refractivity contribution < 1.29 is 48.8 Å². The van der Waals surface area contributed by atoms with E-state index in [4.69, 9.17) is 10.5 Å². The number of rotatable bonds is 5. The molecule has 6 N–H and O–H groups in total. The summed E-state index contributed by atoms with van der Waals surface area (Å²) in [6.45, 7) is 0. The van der Waals surface area contributed by atoms with E-state index in [1.807, 2.05) is 0 Å². The number of carbonyl (C=O) groups excluding carboxylic acids is 6. The van der Waals surface area contributed by atoms with E-state index in [0.717, 1.165) is 0 Å². The van der Waals surface area contributed by atoms with Crippen molar-refractivity contribution in [3.8, 4) is 17.2 Å². The lowest BCUT2D eigenvalue weighted by Crippen LogP contribution is -2.74. The number of anilines is 2. The zero-order chi connectivity index (χ0) is 32.4. The van der Waals surface area contributed by atoms with Crippen LogP contribution in [0.4, 0.5) is 16.2 Å². The number of ketones is 4. The van der Waals surface area contributed by atoms with E-state index in [1.165, 1.54) is 49.3 Å². The second-order valence-electron chi connectivity index (χ2n) is 11.8. The molecule has 2 aromatic carbocycles. The number of nitrogens with zero attached hydrogens (tertiary/aromatic N) is 2. The van der Waals surface area contributed by atoms with Crippen LogP contribution < -0.4 is 20.7 Å². The monoisotopic (exact) mass is 608 g/mol. The lowest BCUT2D eigenvalue weighted by Gasteiger charge is -2.52. The predicted molar refractivity (Wildman–Crippen MR) is 153 cm³/mol. The molecule has 14 nitrogen and oxygen atoms in total. The zero-order valence-electron chi connectivity index (χ0n) is 24.4. The Labute approximate surface area is 251 Å². The number of hydrogen-bond donors (Lipinski definition) is 5. The molecule has 3 aliphatic carbocycles. The molecule has 0 bridgehead atoms. The summed E-state index contributed by atoms with van der Waals surface area (Å²) in [6, 6.07) is 5.52. The molecule has 2 unspecified atom stereocenters. The Morgan fingerprint density at radius 1 is 1.02 bits per heavy atom. The number of hydrogen-bond acceptors (Lipinski definition) is 12. The van der Waals surface area contributed by atoms with Crippen LogP contribution in [0.1, 0.15) is 22.3 Å². The summed E-state index contributed by atoms with van der Waals surface area (Å²) in [4.78, 5) is 82.7. The summed E-state index contributed by atoms with van der Waals surface area (Å²) in [7, 11) is 6.38. The molecule has 0 radical (unpaired) electrons. The van der Waals surface area contributed by atoms with Gasteiger partial charge in [0.15, 0.2) is 34.7 Å². The SMILES string of the molecule is CN(C)c1cc(NC(=O)Oc2ccc(O)cc2)c(O)c2c1C[C@H]1C[C@H]3[C@H](N(C)C)C(=O)C(C(N)=O)C(=O)[C@@]3(O)C(=O)C1C2=O. The molecule has 232 valence electrons. The number of nitrogens with two attached hydrogens (primary N) is 1. The van der Waals surface area contributed by atoms with Crippen molar-refractivity contribution in [2.75, 3.05) is 38.4 Å². The maximum absolute atomic E-state index is 14.1. The summed E-state index contributed by atoms with van der Waals surface area (Å²) >= 11 is 0. The average Bonchev–Trinajstić information content (AvgIpc) is 2.93. The first kappa shape index (κ1) is 30.6. The second kappa shape index (κ2) is 10.7. The van der Waals surface area contributed by atoms with Crippen molar-refractivity contribution in [3.63, 3.8) is 0 Å². The third-order valence-corrected chi connectivity index (χ3v) is 8.80. The van der Waals surface area contributed by atoms with Gasteiger partial charge in [0.05, 0.1) is 23.2 Å². The van der Waals surface area contributed by atoms with Crippen LogP contribution in [-0.2, 0) is 25.6 Å². The van der Waals surface area contributed by atoms with Gasteiger partial charge in [0.25, 0.3) is 0 Å². The molecule has 2 fully saturated rings. The predicted octanol–water partition coefficient (Wildman–Crippen LogP) is 0.249. The zero-order valence-corrected chi connectivity index (χ0v) is 24.4.